The number of methoxy groups -OCH3 is 3. The molecule has 1 aromatic heterocycles. The number of nitrogens with two attached hydrogens (primary N) is 1. The van der Waals surface area contributed by atoms with E-state index in [-0.39, 0.29) is 27.8 Å². The van der Waals surface area contributed by atoms with Gasteiger partial charge in [-0.1, -0.05) is 0 Å². The lowest BCUT2D eigenvalue weighted by molar-refractivity contribution is -0.116. The minimum absolute atomic E-state index is 0.147. The quantitative estimate of drug-likeness (QED) is 0.605. The first-order chi connectivity index (χ1) is 14.3. The number of benzene rings is 2. The van der Waals surface area contributed by atoms with Gasteiger partial charge in [0.2, 0.25) is 5.75 Å². The van der Waals surface area contributed by atoms with Crippen molar-refractivity contribution in [3.05, 3.63) is 42.6 Å². The van der Waals surface area contributed by atoms with Gasteiger partial charge >= 0.3 is 0 Å². The van der Waals surface area contributed by atoms with Gasteiger partial charge < -0.3 is 24.5 Å². The Morgan fingerprint density at radius 3 is 2.20 bits per heavy atom. The van der Waals surface area contributed by atoms with Crippen LogP contribution in [-0.4, -0.2) is 46.8 Å². The van der Waals surface area contributed by atoms with Crippen LogP contribution in [-0.2, 0) is 21.9 Å². The van der Waals surface area contributed by atoms with Crippen LogP contribution in [0.2, 0.25) is 0 Å². The number of ether oxygens (including phenoxy) is 3. The molecule has 160 valence electrons. The van der Waals surface area contributed by atoms with E-state index in [9.17, 15) is 13.2 Å². The first kappa shape index (κ1) is 21.5. The molecule has 0 saturated carbocycles. The van der Waals surface area contributed by atoms with Crippen LogP contribution in [0.15, 0.2) is 47.5 Å². The molecule has 2 N–H and O–H groups in total. The molecule has 10 heteroatoms. The van der Waals surface area contributed by atoms with Gasteiger partial charge in [0.25, 0.3) is 15.9 Å². The molecular formula is C20H23N3O6S. The fraction of sp³-hybridized carbons (Fsp3) is 0.250. The highest BCUT2D eigenvalue weighted by Crippen LogP contribution is 2.40. The number of aromatic nitrogens is 1. The van der Waals surface area contributed by atoms with Crippen molar-refractivity contribution >= 4 is 32.5 Å². The smallest absolute Gasteiger partial charge is 0.271 e. The van der Waals surface area contributed by atoms with Crippen LogP contribution in [0.25, 0.3) is 10.9 Å². The van der Waals surface area contributed by atoms with Crippen LogP contribution in [0.1, 0.15) is 0 Å². The lowest BCUT2D eigenvalue weighted by atomic mass is 10.2. The molecule has 0 bridgehead atoms. The monoisotopic (exact) mass is 433 g/mol. The Kier molecular flexibility index (Phi) is 5.90. The van der Waals surface area contributed by atoms with E-state index in [0.717, 1.165) is 10.9 Å². The molecule has 9 nitrogen and oxygen atoms in total. The average Bonchev–Trinajstić information content (AvgIpc) is 3.12. The second-order valence-electron chi connectivity index (χ2n) is 6.40. The van der Waals surface area contributed by atoms with Crippen molar-refractivity contribution in [3.63, 3.8) is 0 Å². The van der Waals surface area contributed by atoms with Crippen molar-refractivity contribution < 1.29 is 27.4 Å². The van der Waals surface area contributed by atoms with E-state index < -0.39 is 22.5 Å². The van der Waals surface area contributed by atoms with Gasteiger partial charge in [0, 0.05) is 36.3 Å². The number of nitrogens with zero attached hydrogens (tertiary/aromatic N) is 2. The van der Waals surface area contributed by atoms with Gasteiger partial charge in [-0.15, -0.1) is 0 Å². The van der Waals surface area contributed by atoms with E-state index in [2.05, 4.69) is 0 Å². The summed E-state index contributed by atoms with van der Waals surface area (Å²) in [5, 5.41) is 0.782. The zero-order chi connectivity index (χ0) is 22.1. The van der Waals surface area contributed by atoms with Gasteiger partial charge in [-0.3, -0.25) is 4.79 Å². The second kappa shape index (κ2) is 8.25. The first-order valence-electron chi connectivity index (χ1n) is 8.91. The van der Waals surface area contributed by atoms with E-state index >= 15 is 0 Å². The third-order valence-corrected chi connectivity index (χ3v) is 6.41. The highest BCUT2D eigenvalue weighted by atomic mass is 32.2. The van der Waals surface area contributed by atoms with Crippen LogP contribution in [0.3, 0.4) is 0 Å². The molecule has 3 rings (SSSR count). The Balaban J connectivity index is 2.21. The molecule has 0 aliphatic heterocycles. The number of hydrogen-bond donors (Lipinski definition) is 1. The van der Waals surface area contributed by atoms with Gasteiger partial charge in [-0.2, -0.15) is 0 Å². The number of anilines is 1. The molecule has 1 heterocycles. The Morgan fingerprint density at radius 1 is 1.03 bits per heavy atom. The number of hydrogen-bond acceptors (Lipinski definition) is 7. The normalized spacial score (nSPS) is 11.4. The highest BCUT2D eigenvalue weighted by Gasteiger charge is 2.32. The Hall–Kier alpha value is -3.24. The maximum atomic E-state index is 13.5. The molecule has 0 radical (unpaired) electrons. The largest absolute Gasteiger partial charge is 0.493 e. The zero-order valence-corrected chi connectivity index (χ0v) is 17.9. The summed E-state index contributed by atoms with van der Waals surface area (Å²) in [6, 6.07) is 9.30. The summed E-state index contributed by atoms with van der Waals surface area (Å²) in [4.78, 5) is 12.4. The number of sulfonamides is 1. The minimum atomic E-state index is -4.34. The maximum absolute atomic E-state index is 13.5. The lowest BCUT2D eigenvalue weighted by Gasteiger charge is -2.23. The summed E-state index contributed by atoms with van der Waals surface area (Å²) in [5.41, 5.74) is 6.60. The molecule has 0 atom stereocenters. The van der Waals surface area contributed by atoms with Crippen LogP contribution < -0.4 is 24.2 Å². The molecule has 3 aromatic rings. The van der Waals surface area contributed by atoms with Crippen molar-refractivity contribution in [2.45, 2.75) is 4.90 Å². The summed E-state index contributed by atoms with van der Waals surface area (Å²) in [7, 11) is 1.70. The fourth-order valence-electron chi connectivity index (χ4n) is 3.21. The van der Waals surface area contributed by atoms with E-state index in [1.807, 2.05) is 23.9 Å². The molecule has 0 fully saturated rings. The SMILES string of the molecule is COc1cc(S(=O)(=O)N(C(=O)CN)c2ccc3c(ccn3C)c2)cc(OC)c1OC. The van der Waals surface area contributed by atoms with Crippen LogP contribution in [0.5, 0.6) is 17.2 Å². The molecule has 1 amide bonds. The van der Waals surface area contributed by atoms with Gasteiger partial charge in [0.1, 0.15) is 0 Å². The predicted octanol–water partition coefficient (Wildman–Crippen LogP) is 1.88. The van der Waals surface area contributed by atoms with Gasteiger partial charge in [-0.25, -0.2) is 12.7 Å². The summed E-state index contributed by atoms with van der Waals surface area (Å²) >= 11 is 0. The summed E-state index contributed by atoms with van der Waals surface area (Å²) in [5.74, 6) is -0.247. The topological polar surface area (TPSA) is 113 Å². The van der Waals surface area contributed by atoms with E-state index in [4.69, 9.17) is 19.9 Å². The molecular weight excluding hydrogens is 410 g/mol. The molecule has 30 heavy (non-hydrogen) atoms. The Labute approximate surface area is 174 Å². The second-order valence-corrected chi connectivity index (χ2v) is 8.18. The summed E-state index contributed by atoms with van der Waals surface area (Å²) in [6.07, 6.45) is 1.84. The van der Waals surface area contributed by atoms with E-state index in [0.29, 0.717) is 4.31 Å². The number of fused-ring (bicyclic) bond motifs is 1. The average molecular weight is 433 g/mol. The zero-order valence-electron chi connectivity index (χ0n) is 17.1. The van der Waals surface area contributed by atoms with Gasteiger partial charge in [0.05, 0.1) is 38.5 Å². The molecule has 0 unspecified atom stereocenters. The third-order valence-electron chi connectivity index (χ3n) is 4.68. The summed E-state index contributed by atoms with van der Waals surface area (Å²) < 4.78 is 45.3. The predicted molar refractivity (Wildman–Crippen MR) is 113 cm³/mol. The van der Waals surface area contributed by atoms with Crippen molar-refractivity contribution in [3.8, 4) is 17.2 Å². The Bertz CT molecular complexity index is 1180. The van der Waals surface area contributed by atoms with Crippen molar-refractivity contribution in [1.29, 1.82) is 0 Å². The minimum Gasteiger partial charge on any atom is -0.493 e. The van der Waals surface area contributed by atoms with Crippen LogP contribution in [0.4, 0.5) is 5.69 Å². The van der Waals surface area contributed by atoms with Crippen molar-refractivity contribution in [1.82, 2.24) is 4.57 Å². The third kappa shape index (κ3) is 3.55. The van der Waals surface area contributed by atoms with Crippen LogP contribution >= 0.6 is 0 Å². The molecule has 0 aliphatic carbocycles. The van der Waals surface area contributed by atoms with E-state index in [1.54, 1.807) is 18.2 Å². The fourth-order valence-corrected chi connectivity index (χ4v) is 4.66. The molecule has 2 aromatic carbocycles. The van der Waals surface area contributed by atoms with Crippen LogP contribution in [0, 0.1) is 0 Å². The standard InChI is InChI=1S/C20H23N3O6S/c1-22-8-7-13-9-14(5-6-16(13)22)23(19(24)12-21)30(25,26)15-10-17(27-2)20(29-4)18(11-15)28-3/h5-11H,12,21H2,1-4H3. The lowest BCUT2D eigenvalue weighted by Crippen LogP contribution is -2.40. The number of rotatable bonds is 7. The molecule has 0 saturated heterocycles. The van der Waals surface area contributed by atoms with Gasteiger partial charge in [-0.05, 0) is 24.3 Å². The molecule has 0 spiro atoms. The first-order valence-corrected chi connectivity index (χ1v) is 10.4. The Morgan fingerprint density at radius 2 is 1.67 bits per heavy atom. The number of carbonyl (C=O) groups excluding carboxylic acids is 1. The number of amides is 1. The number of carbonyl (C=O) groups is 1. The van der Waals surface area contributed by atoms with Gasteiger partial charge in [0.15, 0.2) is 11.5 Å². The molecule has 0 aliphatic rings. The number of aryl methyl sites for hydroxylation is 1. The maximum Gasteiger partial charge on any atom is 0.271 e. The van der Waals surface area contributed by atoms with Crippen molar-refractivity contribution in [2.24, 2.45) is 12.8 Å². The van der Waals surface area contributed by atoms with E-state index in [1.165, 1.54) is 33.5 Å². The highest BCUT2D eigenvalue weighted by molar-refractivity contribution is 7.93. The summed E-state index contributed by atoms with van der Waals surface area (Å²) in [6.45, 7) is -0.490. The van der Waals surface area contributed by atoms with Crippen molar-refractivity contribution in [2.75, 3.05) is 32.2 Å².